The lowest BCUT2D eigenvalue weighted by Crippen LogP contribution is -2.32. The molecule has 1 heterocycles. The molecule has 0 unspecified atom stereocenters. The van der Waals surface area contributed by atoms with Crippen molar-refractivity contribution in [2.45, 2.75) is 77.7 Å². The van der Waals surface area contributed by atoms with E-state index in [2.05, 4.69) is 36.2 Å². The molecule has 0 fully saturated rings. The number of carbonyl (C=O) groups excluding carboxylic acids is 1. The number of thiazole rings is 1. The lowest BCUT2D eigenvalue weighted by Gasteiger charge is -2.20. The fourth-order valence-electron chi connectivity index (χ4n) is 3.54. The summed E-state index contributed by atoms with van der Waals surface area (Å²) in [5.41, 5.74) is 2.88. The second-order valence-corrected chi connectivity index (χ2v) is 8.63. The first-order chi connectivity index (χ1) is 14.2. The van der Waals surface area contributed by atoms with E-state index in [0.717, 1.165) is 24.3 Å². The summed E-state index contributed by atoms with van der Waals surface area (Å²) in [5.74, 6) is 0.126. The minimum atomic E-state index is -0.00154. The fraction of sp³-hybridized carbons (Fsp3) is 0.583. The molecule has 4 nitrogen and oxygen atoms in total. The van der Waals surface area contributed by atoms with Gasteiger partial charge in [-0.15, -0.1) is 11.3 Å². The molecular formula is C24H36N2O2S. The first-order valence-electron chi connectivity index (χ1n) is 11.1. The quantitative estimate of drug-likeness (QED) is 0.396. The van der Waals surface area contributed by atoms with Crippen molar-refractivity contribution in [3.8, 4) is 0 Å². The number of aryl methyl sites for hydroxylation is 2. The van der Waals surface area contributed by atoms with Crippen molar-refractivity contribution in [1.29, 1.82) is 0 Å². The van der Waals surface area contributed by atoms with Crippen LogP contribution in [0.5, 0.6) is 0 Å². The first kappa shape index (κ1) is 23.6. The lowest BCUT2D eigenvalue weighted by molar-refractivity contribution is -0.132. The number of hydrogen-bond acceptors (Lipinski definition) is 4. The molecule has 0 atom stereocenters. The zero-order valence-electron chi connectivity index (χ0n) is 17.8. The lowest BCUT2D eigenvalue weighted by atomic mass is 10.0. The van der Waals surface area contributed by atoms with E-state index in [9.17, 15) is 9.90 Å². The Kier molecular flexibility index (Phi) is 11.6. The van der Waals surface area contributed by atoms with Gasteiger partial charge in [-0.2, -0.15) is 0 Å². The third kappa shape index (κ3) is 9.55. The first-order valence-corrected chi connectivity index (χ1v) is 12.0. The molecule has 0 saturated heterocycles. The summed E-state index contributed by atoms with van der Waals surface area (Å²) in [6.45, 7) is 3.12. The van der Waals surface area contributed by atoms with E-state index in [0.29, 0.717) is 19.5 Å². The number of rotatable bonds is 15. The second kappa shape index (κ2) is 14.3. The number of benzene rings is 1. The Hall–Kier alpha value is -1.72. The van der Waals surface area contributed by atoms with Crippen molar-refractivity contribution in [1.82, 2.24) is 9.88 Å². The van der Waals surface area contributed by atoms with Gasteiger partial charge in [0.15, 0.2) is 0 Å². The molecule has 1 aromatic heterocycles. The fourth-order valence-corrected chi connectivity index (χ4v) is 4.17. The predicted molar refractivity (Wildman–Crippen MR) is 121 cm³/mol. The van der Waals surface area contributed by atoms with Crippen molar-refractivity contribution in [2.75, 3.05) is 13.2 Å². The maximum absolute atomic E-state index is 12.4. The molecule has 0 spiro atoms. The van der Waals surface area contributed by atoms with E-state index >= 15 is 0 Å². The van der Waals surface area contributed by atoms with Gasteiger partial charge in [-0.3, -0.25) is 4.79 Å². The highest BCUT2D eigenvalue weighted by Crippen LogP contribution is 2.14. The van der Waals surface area contributed by atoms with Gasteiger partial charge in [0.05, 0.1) is 13.2 Å². The summed E-state index contributed by atoms with van der Waals surface area (Å²) in [4.78, 5) is 18.4. The van der Waals surface area contributed by atoms with Crippen LogP contribution in [0.2, 0.25) is 0 Å². The third-order valence-electron chi connectivity index (χ3n) is 5.20. The molecule has 1 amide bonds. The van der Waals surface area contributed by atoms with Crippen molar-refractivity contribution in [3.05, 3.63) is 52.0 Å². The van der Waals surface area contributed by atoms with Crippen molar-refractivity contribution < 1.29 is 9.90 Å². The average Bonchev–Trinajstić information content (AvgIpc) is 3.24. The van der Waals surface area contributed by atoms with E-state index in [1.165, 1.54) is 49.7 Å². The van der Waals surface area contributed by atoms with Crippen LogP contribution in [0.15, 0.2) is 35.8 Å². The van der Waals surface area contributed by atoms with Crippen molar-refractivity contribution >= 4 is 17.2 Å². The molecule has 2 aromatic rings. The summed E-state index contributed by atoms with van der Waals surface area (Å²) in [6, 6.07) is 9.09. The molecule has 1 aromatic carbocycles. The van der Waals surface area contributed by atoms with Gasteiger partial charge < -0.3 is 10.0 Å². The molecule has 2 rings (SSSR count). The number of aliphatic hydroxyl groups excluding tert-OH is 1. The average molecular weight is 417 g/mol. The van der Waals surface area contributed by atoms with E-state index in [-0.39, 0.29) is 12.5 Å². The molecule has 0 radical (unpaired) electrons. The monoisotopic (exact) mass is 416 g/mol. The zero-order chi connectivity index (χ0) is 20.7. The standard InChI is InChI=1S/C24H36N2O2S/c1-2-9-21-12-14-22(15-13-21)10-7-5-3-4-6-8-11-24(28)26(17-18-27)20-23-25-16-19-29-23/h12-16,19,27H,2-11,17-18,20H2,1H3. The van der Waals surface area contributed by atoms with Crippen LogP contribution in [-0.2, 0) is 24.2 Å². The van der Waals surface area contributed by atoms with E-state index < -0.39 is 0 Å². The van der Waals surface area contributed by atoms with Crippen LogP contribution >= 0.6 is 11.3 Å². The van der Waals surface area contributed by atoms with Gasteiger partial charge >= 0.3 is 0 Å². The maximum atomic E-state index is 12.4. The van der Waals surface area contributed by atoms with Gasteiger partial charge in [0.25, 0.3) is 0 Å². The molecule has 0 aliphatic carbocycles. The second-order valence-electron chi connectivity index (χ2n) is 7.65. The largest absolute Gasteiger partial charge is 0.395 e. The van der Waals surface area contributed by atoms with E-state index in [4.69, 9.17) is 0 Å². The van der Waals surface area contributed by atoms with Crippen molar-refractivity contribution in [2.24, 2.45) is 0 Å². The number of nitrogens with zero attached hydrogens (tertiary/aromatic N) is 2. The highest BCUT2D eigenvalue weighted by Gasteiger charge is 2.14. The SMILES string of the molecule is CCCc1ccc(CCCCCCCCC(=O)N(CCO)Cc2nccs2)cc1. The Balaban J connectivity index is 1.52. The summed E-state index contributed by atoms with van der Waals surface area (Å²) in [6.07, 6.45) is 12.8. The van der Waals surface area contributed by atoms with Crippen LogP contribution in [0.3, 0.4) is 0 Å². The van der Waals surface area contributed by atoms with Crippen LogP contribution in [0, 0.1) is 0 Å². The molecular weight excluding hydrogens is 380 g/mol. The molecule has 0 bridgehead atoms. The van der Waals surface area contributed by atoms with Gasteiger partial charge in [-0.1, -0.05) is 63.3 Å². The Morgan fingerprint density at radius 2 is 1.66 bits per heavy atom. The minimum Gasteiger partial charge on any atom is -0.395 e. The number of aromatic nitrogens is 1. The smallest absolute Gasteiger partial charge is 0.223 e. The normalized spacial score (nSPS) is 11.0. The van der Waals surface area contributed by atoms with Crippen LogP contribution < -0.4 is 0 Å². The van der Waals surface area contributed by atoms with Crippen LogP contribution in [-0.4, -0.2) is 34.0 Å². The Morgan fingerprint density at radius 3 is 2.28 bits per heavy atom. The summed E-state index contributed by atoms with van der Waals surface area (Å²) < 4.78 is 0. The highest BCUT2D eigenvalue weighted by molar-refractivity contribution is 7.09. The van der Waals surface area contributed by atoms with Crippen molar-refractivity contribution in [3.63, 3.8) is 0 Å². The predicted octanol–water partition coefficient (Wildman–Crippen LogP) is 5.39. The molecule has 0 saturated carbocycles. The van der Waals surface area contributed by atoms with Gasteiger partial charge in [0, 0.05) is 24.5 Å². The van der Waals surface area contributed by atoms with Crippen LogP contribution in [0.1, 0.15) is 74.4 Å². The topological polar surface area (TPSA) is 53.4 Å². The third-order valence-corrected chi connectivity index (χ3v) is 5.96. The number of carbonyl (C=O) groups is 1. The van der Waals surface area contributed by atoms with E-state index in [1.54, 1.807) is 22.4 Å². The van der Waals surface area contributed by atoms with Gasteiger partial charge in [-0.25, -0.2) is 4.98 Å². The summed E-state index contributed by atoms with van der Waals surface area (Å²) in [5, 5.41) is 12.1. The minimum absolute atomic E-state index is 0.00154. The van der Waals surface area contributed by atoms with Gasteiger partial charge in [0.1, 0.15) is 5.01 Å². The number of amides is 1. The maximum Gasteiger partial charge on any atom is 0.223 e. The Bertz CT molecular complexity index is 671. The summed E-state index contributed by atoms with van der Waals surface area (Å²) >= 11 is 1.55. The van der Waals surface area contributed by atoms with E-state index in [1.807, 2.05) is 5.38 Å². The number of unbranched alkanes of at least 4 members (excludes halogenated alkanes) is 5. The van der Waals surface area contributed by atoms with Crippen LogP contribution in [0.4, 0.5) is 0 Å². The molecule has 160 valence electrons. The summed E-state index contributed by atoms with van der Waals surface area (Å²) in [7, 11) is 0. The van der Waals surface area contributed by atoms with Gasteiger partial charge in [0.2, 0.25) is 5.91 Å². The Morgan fingerprint density at radius 1 is 1.00 bits per heavy atom. The molecule has 29 heavy (non-hydrogen) atoms. The highest BCUT2D eigenvalue weighted by atomic mass is 32.1. The van der Waals surface area contributed by atoms with Crippen LogP contribution in [0.25, 0.3) is 0 Å². The zero-order valence-corrected chi connectivity index (χ0v) is 18.6. The Labute approximate surface area is 180 Å². The number of hydrogen-bond donors (Lipinski definition) is 1. The molecule has 0 aliphatic rings. The molecule has 0 aliphatic heterocycles. The molecule has 1 N–H and O–H groups in total. The van der Waals surface area contributed by atoms with Gasteiger partial charge in [-0.05, 0) is 36.8 Å². The number of aliphatic hydroxyl groups is 1. The molecule has 5 heteroatoms.